The molecule has 15 heavy (non-hydrogen) atoms. The van der Waals surface area contributed by atoms with Crippen molar-refractivity contribution in [1.29, 1.82) is 5.26 Å². The maximum Gasteiger partial charge on any atom is 0.0638 e. The van der Waals surface area contributed by atoms with Crippen LogP contribution in [-0.2, 0) is 6.42 Å². The molecule has 0 amide bonds. The molecule has 1 atom stereocenters. The molecule has 1 aromatic heterocycles. The molecule has 0 radical (unpaired) electrons. The van der Waals surface area contributed by atoms with Gasteiger partial charge in [0.15, 0.2) is 0 Å². The van der Waals surface area contributed by atoms with E-state index in [0.717, 1.165) is 19.4 Å². The standard InChI is InChI=1S/C12H17N3/c1-2-12(3-7-13)15-10-6-11-4-8-14-9-5-11/h4-5,8-9,12,15H,2-3,6,10H2,1H3. The highest BCUT2D eigenvalue weighted by molar-refractivity contribution is 5.09. The topological polar surface area (TPSA) is 48.7 Å². The van der Waals surface area contributed by atoms with E-state index in [-0.39, 0.29) is 0 Å². The Kier molecular flexibility index (Phi) is 5.42. The Hall–Kier alpha value is -1.40. The summed E-state index contributed by atoms with van der Waals surface area (Å²) in [6, 6.07) is 6.57. The van der Waals surface area contributed by atoms with Gasteiger partial charge in [-0.05, 0) is 37.1 Å². The normalized spacial score (nSPS) is 12.0. The van der Waals surface area contributed by atoms with Gasteiger partial charge in [0.1, 0.15) is 0 Å². The lowest BCUT2D eigenvalue weighted by Gasteiger charge is -2.12. The number of nitriles is 1. The van der Waals surface area contributed by atoms with Crippen LogP contribution in [0, 0.1) is 11.3 Å². The minimum absolute atomic E-state index is 0.330. The van der Waals surface area contributed by atoms with E-state index in [2.05, 4.69) is 23.3 Å². The van der Waals surface area contributed by atoms with E-state index in [1.807, 2.05) is 24.5 Å². The molecule has 0 spiro atoms. The molecule has 0 aliphatic heterocycles. The first-order valence-electron chi connectivity index (χ1n) is 5.36. The van der Waals surface area contributed by atoms with Crippen LogP contribution in [0.4, 0.5) is 0 Å². The van der Waals surface area contributed by atoms with E-state index >= 15 is 0 Å². The highest BCUT2D eigenvalue weighted by atomic mass is 14.9. The van der Waals surface area contributed by atoms with Gasteiger partial charge in [0.25, 0.3) is 0 Å². The quantitative estimate of drug-likeness (QED) is 0.768. The van der Waals surface area contributed by atoms with Gasteiger partial charge in [0, 0.05) is 18.4 Å². The third kappa shape index (κ3) is 4.57. The van der Waals surface area contributed by atoms with Gasteiger partial charge in [-0.15, -0.1) is 0 Å². The van der Waals surface area contributed by atoms with E-state index < -0.39 is 0 Å². The molecule has 0 aliphatic carbocycles. The van der Waals surface area contributed by atoms with Crippen molar-refractivity contribution in [3.05, 3.63) is 30.1 Å². The first-order valence-corrected chi connectivity index (χ1v) is 5.36. The zero-order valence-electron chi connectivity index (χ0n) is 9.11. The second-order valence-electron chi connectivity index (χ2n) is 3.53. The summed E-state index contributed by atoms with van der Waals surface area (Å²) < 4.78 is 0. The number of aromatic nitrogens is 1. The number of rotatable bonds is 6. The number of hydrogen-bond donors (Lipinski definition) is 1. The Morgan fingerprint density at radius 2 is 2.20 bits per heavy atom. The first-order chi connectivity index (χ1) is 7.36. The highest BCUT2D eigenvalue weighted by Crippen LogP contribution is 1.99. The fraction of sp³-hybridized carbons (Fsp3) is 0.500. The molecule has 1 heterocycles. The third-order valence-electron chi connectivity index (χ3n) is 2.43. The fourth-order valence-corrected chi connectivity index (χ4v) is 1.44. The van der Waals surface area contributed by atoms with Crippen molar-refractivity contribution in [2.75, 3.05) is 6.54 Å². The minimum Gasteiger partial charge on any atom is -0.313 e. The van der Waals surface area contributed by atoms with Gasteiger partial charge >= 0.3 is 0 Å². The second-order valence-corrected chi connectivity index (χ2v) is 3.53. The fourth-order valence-electron chi connectivity index (χ4n) is 1.44. The van der Waals surface area contributed by atoms with E-state index in [4.69, 9.17) is 5.26 Å². The first kappa shape index (κ1) is 11.7. The average Bonchev–Trinajstić information content (AvgIpc) is 2.29. The zero-order valence-corrected chi connectivity index (χ0v) is 9.11. The van der Waals surface area contributed by atoms with Crippen molar-refractivity contribution >= 4 is 0 Å². The molecular weight excluding hydrogens is 186 g/mol. The summed E-state index contributed by atoms with van der Waals surface area (Å²) >= 11 is 0. The van der Waals surface area contributed by atoms with Crippen LogP contribution in [0.2, 0.25) is 0 Å². The van der Waals surface area contributed by atoms with Crippen LogP contribution in [0.15, 0.2) is 24.5 Å². The third-order valence-corrected chi connectivity index (χ3v) is 2.43. The van der Waals surface area contributed by atoms with Crippen LogP contribution in [0.1, 0.15) is 25.3 Å². The van der Waals surface area contributed by atoms with E-state index in [1.54, 1.807) is 0 Å². The molecule has 1 aromatic rings. The SMILES string of the molecule is CCC(CC#N)NCCc1ccncc1. The summed E-state index contributed by atoms with van der Waals surface area (Å²) in [5.74, 6) is 0. The van der Waals surface area contributed by atoms with Crippen molar-refractivity contribution in [1.82, 2.24) is 10.3 Å². The van der Waals surface area contributed by atoms with Crippen molar-refractivity contribution in [2.45, 2.75) is 32.2 Å². The molecule has 1 unspecified atom stereocenters. The summed E-state index contributed by atoms with van der Waals surface area (Å²) in [5, 5.41) is 12.0. The van der Waals surface area contributed by atoms with E-state index in [1.165, 1.54) is 5.56 Å². The van der Waals surface area contributed by atoms with Crippen LogP contribution < -0.4 is 5.32 Å². The molecule has 0 aromatic carbocycles. The Morgan fingerprint density at radius 3 is 2.80 bits per heavy atom. The van der Waals surface area contributed by atoms with Crippen molar-refractivity contribution in [2.24, 2.45) is 0 Å². The molecule has 3 heteroatoms. The monoisotopic (exact) mass is 203 g/mol. The van der Waals surface area contributed by atoms with Crippen LogP contribution in [0.3, 0.4) is 0 Å². The van der Waals surface area contributed by atoms with Gasteiger partial charge in [0.05, 0.1) is 12.5 Å². The molecule has 0 saturated carbocycles. The predicted molar refractivity (Wildman–Crippen MR) is 60.3 cm³/mol. The predicted octanol–water partition coefficient (Wildman–Crippen LogP) is 1.91. The number of pyridine rings is 1. The van der Waals surface area contributed by atoms with E-state index in [9.17, 15) is 0 Å². The smallest absolute Gasteiger partial charge is 0.0638 e. The lowest BCUT2D eigenvalue weighted by atomic mass is 10.1. The van der Waals surface area contributed by atoms with Crippen molar-refractivity contribution < 1.29 is 0 Å². The zero-order chi connectivity index (χ0) is 10.9. The average molecular weight is 203 g/mol. The molecule has 0 aliphatic rings. The molecule has 0 saturated heterocycles. The Labute approximate surface area is 91.1 Å². The molecule has 0 fully saturated rings. The van der Waals surface area contributed by atoms with Gasteiger partial charge in [0.2, 0.25) is 0 Å². The van der Waals surface area contributed by atoms with Crippen LogP contribution >= 0.6 is 0 Å². The summed E-state index contributed by atoms with van der Waals surface area (Å²) in [6.45, 7) is 3.02. The van der Waals surface area contributed by atoms with Crippen LogP contribution in [0.5, 0.6) is 0 Å². The summed E-state index contributed by atoms with van der Waals surface area (Å²) in [4.78, 5) is 3.97. The van der Waals surface area contributed by atoms with Gasteiger partial charge in [-0.25, -0.2) is 0 Å². The van der Waals surface area contributed by atoms with Crippen molar-refractivity contribution in [3.8, 4) is 6.07 Å². The van der Waals surface area contributed by atoms with Gasteiger partial charge in [-0.2, -0.15) is 5.26 Å². The Bertz CT molecular complexity index is 302. The molecule has 1 rings (SSSR count). The highest BCUT2D eigenvalue weighted by Gasteiger charge is 2.03. The molecule has 3 nitrogen and oxygen atoms in total. The molecular formula is C12H17N3. The number of hydrogen-bond acceptors (Lipinski definition) is 3. The Morgan fingerprint density at radius 1 is 1.47 bits per heavy atom. The van der Waals surface area contributed by atoms with Crippen molar-refractivity contribution in [3.63, 3.8) is 0 Å². The van der Waals surface area contributed by atoms with Gasteiger partial charge in [-0.1, -0.05) is 6.92 Å². The van der Waals surface area contributed by atoms with E-state index in [0.29, 0.717) is 12.5 Å². The maximum absolute atomic E-state index is 8.59. The van der Waals surface area contributed by atoms with Gasteiger partial charge in [-0.3, -0.25) is 4.98 Å². The lowest BCUT2D eigenvalue weighted by Crippen LogP contribution is -2.29. The molecule has 0 bridgehead atoms. The Balaban J connectivity index is 2.24. The maximum atomic E-state index is 8.59. The minimum atomic E-state index is 0.330. The largest absolute Gasteiger partial charge is 0.313 e. The lowest BCUT2D eigenvalue weighted by molar-refractivity contribution is 0.508. The summed E-state index contributed by atoms with van der Waals surface area (Å²) in [7, 11) is 0. The number of nitrogens with one attached hydrogen (secondary N) is 1. The van der Waals surface area contributed by atoms with Gasteiger partial charge < -0.3 is 5.32 Å². The molecule has 1 N–H and O–H groups in total. The number of nitrogens with zero attached hydrogens (tertiary/aromatic N) is 2. The molecule has 80 valence electrons. The second kappa shape index (κ2) is 6.97. The summed E-state index contributed by atoms with van der Waals surface area (Å²) in [5.41, 5.74) is 1.28. The summed E-state index contributed by atoms with van der Waals surface area (Å²) in [6.07, 6.45) is 6.20. The van der Waals surface area contributed by atoms with Crippen LogP contribution in [0.25, 0.3) is 0 Å². The van der Waals surface area contributed by atoms with Crippen LogP contribution in [-0.4, -0.2) is 17.6 Å².